The van der Waals surface area contributed by atoms with Crippen molar-refractivity contribution in [3.05, 3.63) is 51.6 Å². The Labute approximate surface area is 119 Å². The van der Waals surface area contributed by atoms with Crippen molar-refractivity contribution in [2.45, 2.75) is 0 Å². The van der Waals surface area contributed by atoms with Crippen molar-refractivity contribution in [2.24, 2.45) is 0 Å². The van der Waals surface area contributed by atoms with Gasteiger partial charge in [0.2, 0.25) is 0 Å². The van der Waals surface area contributed by atoms with Gasteiger partial charge in [0.1, 0.15) is 0 Å². The van der Waals surface area contributed by atoms with Crippen molar-refractivity contribution in [3.8, 4) is 6.07 Å². The molecule has 1 radical (unpaired) electrons. The van der Waals surface area contributed by atoms with Crippen LogP contribution in [0.2, 0.25) is 0 Å². The molecule has 0 aliphatic carbocycles. The molecule has 0 atom stereocenters. The molecule has 0 N–H and O–H groups in total. The second kappa shape index (κ2) is 5.61. The zero-order valence-electron chi connectivity index (χ0n) is 8.56. The summed E-state index contributed by atoms with van der Waals surface area (Å²) >= 11 is 1.54. The number of rotatable bonds is 2. The third kappa shape index (κ3) is 3.05. The van der Waals surface area contributed by atoms with Crippen molar-refractivity contribution >= 4 is 47.0 Å². The predicted molar refractivity (Wildman–Crippen MR) is 73.1 cm³/mol. The second-order valence-corrected chi connectivity index (χ2v) is 6.95. The van der Waals surface area contributed by atoms with E-state index in [1.807, 2.05) is 6.07 Å². The first-order valence-electron chi connectivity index (χ1n) is 4.71. The fraction of sp³-hybridized carbons (Fsp3) is 0. The van der Waals surface area contributed by atoms with Crippen LogP contribution in [0.15, 0.2) is 36.7 Å². The molecular formula is C12H6AsFIN2. The van der Waals surface area contributed by atoms with Crippen molar-refractivity contribution in [1.29, 1.82) is 5.26 Å². The Balaban J connectivity index is 2.35. The van der Waals surface area contributed by atoms with E-state index in [-0.39, 0.29) is 5.82 Å². The topological polar surface area (TPSA) is 36.7 Å². The summed E-state index contributed by atoms with van der Waals surface area (Å²) < 4.78 is 16.1. The zero-order valence-corrected chi connectivity index (χ0v) is 12.6. The minimum absolute atomic E-state index is 0.204. The predicted octanol–water partition coefficient (Wildman–Crippen LogP) is 1.35. The first-order chi connectivity index (χ1) is 8.20. The molecule has 0 aliphatic rings. The van der Waals surface area contributed by atoms with Gasteiger partial charge >= 0.3 is 119 Å². The molecule has 17 heavy (non-hydrogen) atoms. The van der Waals surface area contributed by atoms with Crippen LogP contribution in [-0.2, 0) is 0 Å². The van der Waals surface area contributed by atoms with E-state index < -0.39 is 15.8 Å². The summed E-state index contributed by atoms with van der Waals surface area (Å²) in [7, 11) is 0. The standard InChI is InChI=1S/C12H6AsFIN2/c14-12-5-9(15)1-2-10(12)13-11-7-17-4-3-8(11)6-16/h1-5,7H. The quantitative estimate of drug-likeness (QED) is 0.565. The van der Waals surface area contributed by atoms with E-state index in [1.54, 1.807) is 24.5 Å². The Morgan fingerprint density at radius 1 is 1.29 bits per heavy atom. The van der Waals surface area contributed by atoms with E-state index in [0.29, 0.717) is 9.91 Å². The van der Waals surface area contributed by atoms with Gasteiger partial charge in [0.25, 0.3) is 0 Å². The fourth-order valence-corrected chi connectivity index (χ4v) is 3.72. The molecule has 0 fully saturated rings. The van der Waals surface area contributed by atoms with Crippen LogP contribution in [0.1, 0.15) is 5.56 Å². The summed E-state index contributed by atoms with van der Waals surface area (Å²) in [6, 6.07) is 8.93. The van der Waals surface area contributed by atoms with Gasteiger partial charge in [-0.25, -0.2) is 0 Å². The molecule has 1 aromatic heterocycles. The Bertz CT molecular complexity index is 595. The van der Waals surface area contributed by atoms with Gasteiger partial charge in [-0.05, 0) is 0 Å². The molecule has 0 saturated carbocycles. The first-order valence-corrected chi connectivity index (χ1v) is 7.67. The third-order valence-electron chi connectivity index (χ3n) is 2.07. The third-order valence-corrected chi connectivity index (χ3v) is 5.26. The average Bonchev–Trinajstić information content (AvgIpc) is 2.33. The molecular weight excluding hydrogens is 393 g/mol. The number of halogens is 2. The normalized spacial score (nSPS) is 10.6. The van der Waals surface area contributed by atoms with Gasteiger partial charge in [-0.1, -0.05) is 0 Å². The van der Waals surface area contributed by atoms with Gasteiger partial charge in [0.15, 0.2) is 0 Å². The van der Waals surface area contributed by atoms with E-state index in [0.717, 1.165) is 7.92 Å². The minimum atomic E-state index is -0.537. The molecule has 0 saturated heterocycles. The van der Waals surface area contributed by atoms with Gasteiger partial charge in [0.05, 0.1) is 0 Å². The van der Waals surface area contributed by atoms with Gasteiger partial charge in [0, 0.05) is 0 Å². The number of nitrogens with zero attached hydrogens (tertiary/aromatic N) is 2. The molecule has 83 valence electrons. The number of hydrogen-bond acceptors (Lipinski definition) is 2. The van der Waals surface area contributed by atoms with Gasteiger partial charge in [-0.2, -0.15) is 0 Å². The summed E-state index contributed by atoms with van der Waals surface area (Å²) in [5, 5.41) is 8.95. The van der Waals surface area contributed by atoms with Crippen LogP contribution in [0.3, 0.4) is 0 Å². The van der Waals surface area contributed by atoms with Crippen LogP contribution in [-0.4, -0.2) is 20.7 Å². The Kier molecular flexibility index (Phi) is 4.14. The average molecular weight is 399 g/mol. The molecule has 1 heterocycles. The molecule has 0 spiro atoms. The van der Waals surface area contributed by atoms with Gasteiger partial charge in [-0.15, -0.1) is 0 Å². The summed E-state index contributed by atoms with van der Waals surface area (Å²) in [4.78, 5) is 3.99. The Morgan fingerprint density at radius 3 is 2.82 bits per heavy atom. The van der Waals surface area contributed by atoms with Crippen LogP contribution in [0.25, 0.3) is 0 Å². The van der Waals surface area contributed by atoms with Crippen molar-refractivity contribution < 1.29 is 4.39 Å². The SMILES string of the molecule is N#Cc1ccncc1[As]c1ccc(I)cc1F. The summed E-state index contributed by atoms with van der Waals surface area (Å²) in [6.07, 6.45) is 3.23. The van der Waals surface area contributed by atoms with E-state index >= 15 is 0 Å². The monoisotopic (exact) mass is 399 g/mol. The van der Waals surface area contributed by atoms with Crippen LogP contribution < -0.4 is 8.70 Å². The number of hydrogen-bond donors (Lipinski definition) is 0. The number of benzene rings is 1. The molecule has 1 aromatic carbocycles. The first kappa shape index (κ1) is 12.5. The zero-order chi connectivity index (χ0) is 12.3. The maximum atomic E-state index is 13.7. The molecule has 0 unspecified atom stereocenters. The summed E-state index contributed by atoms with van der Waals surface area (Å²) in [5.41, 5.74) is 0.581. The van der Waals surface area contributed by atoms with Gasteiger partial charge in [-0.3, -0.25) is 0 Å². The summed E-state index contributed by atoms with van der Waals surface area (Å²) in [6.45, 7) is 0. The van der Waals surface area contributed by atoms with Gasteiger partial charge < -0.3 is 0 Å². The Hall–Kier alpha value is -0.922. The molecule has 0 bridgehead atoms. The molecule has 2 rings (SSSR count). The number of pyridine rings is 1. The summed E-state index contributed by atoms with van der Waals surface area (Å²) in [5.74, 6) is -0.204. The van der Waals surface area contributed by atoms with E-state index in [1.165, 1.54) is 6.07 Å². The van der Waals surface area contributed by atoms with E-state index in [9.17, 15) is 4.39 Å². The molecule has 0 amide bonds. The second-order valence-electron chi connectivity index (χ2n) is 3.21. The van der Waals surface area contributed by atoms with Crippen molar-refractivity contribution in [1.82, 2.24) is 4.98 Å². The van der Waals surface area contributed by atoms with Crippen LogP contribution in [0.5, 0.6) is 0 Å². The molecule has 2 aromatic rings. The van der Waals surface area contributed by atoms with Crippen LogP contribution in [0.4, 0.5) is 4.39 Å². The van der Waals surface area contributed by atoms with Crippen LogP contribution >= 0.6 is 22.6 Å². The van der Waals surface area contributed by atoms with Crippen molar-refractivity contribution in [2.75, 3.05) is 0 Å². The fourth-order valence-electron chi connectivity index (χ4n) is 1.27. The van der Waals surface area contributed by atoms with E-state index in [4.69, 9.17) is 5.26 Å². The Morgan fingerprint density at radius 2 is 2.12 bits per heavy atom. The van der Waals surface area contributed by atoms with E-state index in [2.05, 4.69) is 33.6 Å². The molecule has 2 nitrogen and oxygen atoms in total. The number of aromatic nitrogens is 1. The molecule has 5 heteroatoms. The van der Waals surface area contributed by atoms with Crippen molar-refractivity contribution in [3.63, 3.8) is 0 Å². The maximum absolute atomic E-state index is 13.7. The number of nitriles is 1. The molecule has 0 aliphatic heterocycles. The van der Waals surface area contributed by atoms with Crippen LogP contribution in [0, 0.1) is 20.7 Å².